The van der Waals surface area contributed by atoms with Gasteiger partial charge in [-0.1, -0.05) is 48.5 Å². The summed E-state index contributed by atoms with van der Waals surface area (Å²) in [6, 6.07) is 29.8. The van der Waals surface area contributed by atoms with E-state index in [0.717, 1.165) is 35.4 Å². The summed E-state index contributed by atoms with van der Waals surface area (Å²) in [6.07, 6.45) is 1.68. The molecule has 0 amide bonds. The molecule has 0 saturated carbocycles. The van der Waals surface area contributed by atoms with Crippen molar-refractivity contribution in [2.45, 2.75) is 12.8 Å². The molecule has 0 aliphatic heterocycles. The van der Waals surface area contributed by atoms with E-state index in [1.165, 1.54) is 33.0 Å². The molecule has 1 heterocycles. The van der Waals surface area contributed by atoms with Gasteiger partial charge in [0.05, 0.1) is 14.2 Å². The van der Waals surface area contributed by atoms with Gasteiger partial charge in [-0.3, -0.25) is 0 Å². The van der Waals surface area contributed by atoms with E-state index in [4.69, 9.17) is 9.47 Å². The van der Waals surface area contributed by atoms with E-state index in [9.17, 15) is 0 Å². The van der Waals surface area contributed by atoms with E-state index in [0.29, 0.717) is 0 Å². The van der Waals surface area contributed by atoms with Crippen LogP contribution in [-0.4, -0.2) is 19.2 Å². The van der Waals surface area contributed by atoms with E-state index in [2.05, 4.69) is 65.6 Å². The van der Waals surface area contributed by atoms with Crippen molar-refractivity contribution in [1.29, 1.82) is 0 Å². The second-order valence-electron chi connectivity index (χ2n) is 7.86. The van der Waals surface area contributed by atoms with Gasteiger partial charge in [-0.25, -0.2) is 0 Å². The third kappa shape index (κ3) is 3.75. The van der Waals surface area contributed by atoms with Crippen LogP contribution in [0.5, 0.6) is 11.5 Å². The van der Waals surface area contributed by atoms with E-state index < -0.39 is 0 Å². The van der Waals surface area contributed by atoms with Crippen LogP contribution in [0.4, 0.5) is 0 Å². The molecule has 0 spiro atoms. The minimum Gasteiger partial charge on any atom is -0.496 e. The van der Waals surface area contributed by atoms with Crippen molar-refractivity contribution in [3.63, 3.8) is 0 Å². The Morgan fingerprint density at radius 1 is 0.581 bits per heavy atom. The lowest BCUT2D eigenvalue weighted by molar-refractivity contribution is 0.410. The maximum Gasteiger partial charge on any atom is 0.122 e. The van der Waals surface area contributed by atoms with Gasteiger partial charge in [-0.05, 0) is 58.7 Å². The molecule has 3 heteroatoms. The highest BCUT2D eigenvalue weighted by Gasteiger charge is 2.10. The third-order valence-corrected chi connectivity index (χ3v) is 5.90. The number of ether oxygens (including phenoxy) is 2. The fraction of sp³-hybridized carbons (Fsp3) is 0.143. The van der Waals surface area contributed by atoms with Gasteiger partial charge in [0.25, 0.3) is 0 Å². The zero-order valence-electron chi connectivity index (χ0n) is 17.8. The van der Waals surface area contributed by atoms with E-state index >= 15 is 0 Å². The van der Waals surface area contributed by atoms with E-state index in [-0.39, 0.29) is 0 Å². The molecule has 0 aliphatic carbocycles. The fourth-order valence-corrected chi connectivity index (χ4v) is 4.35. The van der Waals surface area contributed by atoms with Gasteiger partial charge in [0.1, 0.15) is 11.5 Å². The molecule has 0 radical (unpaired) electrons. The Morgan fingerprint density at radius 3 is 1.48 bits per heavy atom. The number of benzene rings is 4. The molecule has 0 saturated heterocycles. The second-order valence-corrected chi connectivity index (χ2v) is 7.86. The monoisotopic (exact) mass is 407 g/mol. The van der Waals surface area contributed by atoms with Crippen molar-refractivity contribution in [1.82, 2.24) is 4.98 Å². The average Bonchev–Trinajstić information content (AvgIpc) is 3.17. The van der Waals surface area contributed by atoms with Crippen molar-refractivity contribution in [2.24, 2.45) is 0 Å². The van der Waals surface area contributed by atoms with Gasteiger partial charge in [-0.15, -0.1) is 0 Å². The predicted octanol–water partition coefficient (Wildman–Crippen LogP) is 6.52. The van der Waals surface area contributed by atoms with Crippen LogP contribution in [0.25, 0.3) is 21.8 Å². The molecule has 4 aromatic carbocycles. The van der Waals surface area contributed by atoms with Crippen molar-refractivity contribution in [2.75, 3.05) is 14.2 Å². The minimum absolute atomic E-state index is 0.841. The Morgan fingerprint density at radius 2 is 1.03 bits per heavy atom. The van der Waals surface area contributed by atoms with Gasteiger partial charge < -0.3 is 14.5 Å². The summed E-state index contributed by atoms with van der Waals surface area (Å²) >= 11 is 0. The highest BCUT2D eigenvalue weighted by atomic mass is 16.5. The highest BCUT2D eigenvalue weighted by molar-refractivity contribution is 6.07. The van der Waals surface area contributed by atoms with Gasteiger partial charge >= 0.3 is 0 Å². The zero-order chi connectivity index (χ0) is 21.2. The number of para-hydroxylation sites is 2. The molecule has 5 rings (SSSR count). The lowest BCUT2D eigenvalue weighted by Gasteiger charge is -2.09. The molecular formula is C28H25NO2. The van der Waals surface area contributed by atoms with Crippen molar-refractivity contribution in [3.8, 4) is 11.5 Å². The maximum absolute atomic E-state index is 5.54. The third-order valence-electron chi connectivity index (χ3n) is 5.90. The molecule has 5 aromatic rings. The van der Waals surface area contributed by atoms with E-state index in [1.807, 2.05) is 24.3 Å². The highest BCUT2D eigenvalue weighted by Crippen LogP contribution is 2.30. The van der Waals surface area contributed by atoms with Crippen molar-refractivity contribution < 1.29 is 9.47 Å². The number of nitrogens with one attached hydrogen (secondary N) is 1. The van der Waals surface area contributed by atoms with Crippen LogP contribution in [0, 0.1) is 0 Å². The zero-order valence-corrected chi connectivity index (χ0v) is 17.8. The summed E-state index contributed by atoms with van der Waals surface area (Å²) in [7, 11) is 3.45. The minimum atomic E-state index is 0.841. The van der Waals surface area contributed by atoms with Crippen LogP contribution in [0.1, 0.15) is 22.3 Å². The van der Waals surface area contributed by atoms with Crippen LogP contribution in [0.15, 0.2) is 84.9 Å². The number of rotatable bonds is 6. The molecule has 0 unspecified atom stereocenters. The number of hydrogen-bond donors (Lipinski definition) is 1. The van der Waals surface area contributed by atoms with Gasteiger partial charge in [0.2, 0.25) is 0 Å². The smallest absolute Gasteiger partial charge is 0.122 e. The first-order chi connectivity index (χ1) is 15.2. The molecule has 3 nitrogen and oxygen atoms in total. The Labute approximate surface area is 182 Å². The van der Waals surface area contributed by atoms with Gasteiger partial charge in [0, 0.05) is 34.6 Å². The number of H-pyrrole nitrogens is 1. The molecule has 0 bridgehead atoms. The molecule has 0 atom stereocenters. The van der Waals surface area contributed by atoms with Crippen LogP contribution in [-0.2, 0) is 12.8 Å². The lowest BCUT2D eigenvalue weighted by atomic mass is 9.99. The Bertz CT molecular complexity index is 1260. The average molecular weight is 408 g/mol. The first-order valence-electron chi connectivity index (χ1n) is 10.5. The summed E-state index contributed by atoms with van der Waals surface area (Å²) < 4.78 is 11.1. The number of methoxy groups -OCH3 is 2. The quantitative estimate of drug-likeness (QED) is 0.348. The van der Waals surface area contributed by atoms with Gasteiger partial charge in [0.15, 0.2) is 0 Å². The summed E-state index contributed by atoms with van der Waals surface area (Å²) in [4.78, 5) is 3.56. The van der Waals surface area contributed by atoms with Crippen molar-refractivity contribution in [3.05, 3.63) is 107 Å². The molecule has 1 N–H and O–H groups in total. The van der Waals surface area contributed by atoms with Crippen LogP contribution < -0.4 is 9.47 Å². The number of fused-ring (bicyclic) bond motifs is 3. The molecular weight excluding hydrogens is 382 g/mol. The molecule has 0 fully saturated rings. The largest absolute Gasteiger partial charge is 0.496 e. The SMILES string of the molecule is COc1ccccc1Cc1ccc2[nH]c3ccc(Cc4ccccc4OC)cc3c2c1. The normalized spacial score (nSPS) is 11.2. The lowest BCUT2D eigenvalue weighted by Crippen LogP contribution is -1.93. The topological polar surface area (TPSA) is 34.2 Å². The Hall–Kier alpha value is -3.72. The first-order valence-corrected chi connectivity index (χ1v) is 10.5. The summed E-state index contributed by atoms with van der Waals surface area (Å²) in [5, 5.41) is 2.51. The Kier molecular flexibility index (Phi) is 5.09. The number of aromatic amines is 1. The summed E-state index contributed by atoms with van der Waals surface area (Å²) in [6.45, 7) is 0. The number of aromatic nitrogens is 1. The standard InChI is InChI=1S/C28H25NO2/c1-30-27-9-5-3-7-21(27)15-19-11-13-25-23(17-19)24-18-20(12-14-26(24)29-25)16-22-8-4-6-10-28(22)31-2/h3-14,17-18,29H,15-16H2,1-2H3. The molecule has 31 heavy (non-hydrogen) atoms. The first kappa shape index (κ1) is 19.3. The summed E-state index contributed by atoms with van der Waals surface area (Å²) in [5.74, 6) is 1.86. The molecule has 1 aromatic heterocycles. The second kappa shape index (κ2) is 8.19. The van der Waals surface area contributed by atoms with Crippen LogP contribution >= 0.6 is 0 Å². The maximum atomic E-state index is 5.54. The van der Waals surface area contributed by atoms with Crippen LogP contribution in [0.3, 0.4) is 0 Å². The Balaban J connectivity index is 1.53. The molecule has 154 valence electrons. The summed E-state index contributed by atoms with van der Waals surface area (Å²) in [5.41, 5.74) is 7.25. The number of hydrogen-bond acceptors (Lipinski definition) is 2. The molecule has 0 aliphatic rings. The fourth-order valence-electron chi connectivity index (χ4n) is 4.35. The van der Waals surface area contributed by atoms with Crippen LogP contribution in [0.2, 0.25) is 0 Å². The van der Waals surface area contributed by atoms with Gasteiger partial charge in [-0.2, -0.15) is 0 Å². The van der Waals surface area contributed by atoms with E-state index in [1.54, 1.807) is 14.2 Å². The predicted molar refractivity (Wildman–Crippen MR) is 127 cm³/mol. The van der Waals surface area contributed by atoms with Crippen molar-refractivity contribution >= 4 is 21.8 Å².